The van der Waals surface area contributed by atoms with E-state index in [1.165, 1.54) is 38.8 Å². The van der Waals surface area contributed by atoms with Gasteiger partial charge in [0, 0.05) is 17.9 Å². The average Bonchev–Trinajstić information content (AvgIpc) is 2.75. The molecular formula is C21H26N3O6PS. The number of benzene rings is 2. The van der Waals surface area contributed by atoms with Gasteiger partial charge in [0.05, 0.1) is 39.8 Å². The number of aliphatic imine (C=N–C) groups is 2. The summed E-state index contributed by atoms with van der Waals surface area (Å²) in [5, 5.41) is -0.110. The molecule has 1 unspecified atom stereocenters. The van der Waals surface area contributed by atoms with Crippen LogP contribution in [-0.4, -0.2) is 47.0 Å². The molecule has 32 heavy (non-hydrogen) atoms. The first-order valence-corrected chi connectivity index (χ1v) is 12.9. The molecule has 0 radical (unpaired) electrons. The van der Waals surface area contributed by atoms with Gasteiger partial charge >= 0.3 is 7.60 Å². The number of nitrogens with zero attached hydrogens (tertiary/aromatic N) is 3. The second-order valence-corrected chi connectivity index (χ2v) is 11.8. The normalized spacial score (nSPS) is 19.9. The van der Waals surface area contributed by atoms with Gasteiger partial charge in [-0.05, 0) is 42.3 Å². The lowest BCUT2D eigenvalue weighted by atomic mass is 9.82. The van der Waals surface area contributed by atoms with Crippen molar-refractivity contribution in [2.24, 2.45) is 14.3 Å². The van der Waals surface area contributed by atoms with Crippen LogP contribution in [0.3, 0.4) is 0 Å². The molecule has 0 saturated carbocycles. The maximum atomic E-state index is 14.1. The van der Waals surface area contributed by atoms with Crippen LogP contribution in [0, 0.1) is 0 Å². The number of hydrogen-bond donors (Lipinski definition) is 2. The van der Waals surface area contributed by atoms with Gasteiger partial charge in [-0.3, -0.25) is 9.56 Å². The Morgan fingerprint density at radius 1 is 1.12 bits per heavy atom. The number of fused-ring (bicyclic) bond motifs is 1. The number of rotatable bonds is 6. The fraction of sp³-hybridized carbons (Fsp3) is 0.333. The van der Waals surface area contributed by atoms with Crippen LogP contribution in [0.5, 0.6) is 11.5 Å². The third kappa shape index (κ3) is 4.63. The maximum absolute atomic E-state index is 14.1. The monoisotopic (exact) mass is 479 g/mol. The van der Waals surface area contributed by atoms with E-state index in [1.807, 2.05) is 13.8 Å². The van der Waals surface area contributed by atoms with Crippen LogP contribution in [-0.2, 0) is 19.7 Å². The second kappa shape index (κ2) is 8.78. The summed E-state index contributed by atoms with van der Waals surface area (Å²) in [7, 11) is -4.45. The smallest absolute Gasteiger partial charge is 0.356 e. The summed E-state index contributed by atoms with van der Waals surface area (Å²) in [5.74, 6) is 1.10. The zero-order valence-electron chi connectivity index (χ0n) is 18.3. The Labute approximate surface area is 187 Å². The van der Waals surface area contributed by atoms with Crippen molar-refractivity contribution in [3.8, 4) is 11.5 Å². The van der Waals surface area contributed by atoms with E-state index in [-0.39, 0.29) is 11.1 Å². The van der Waals surface area contributed by atoms with Gasteiger partial charge < -0.3 is 19.3 Å². The van der Waals surface area contributed by atoms with Crippen molar-refractivity contribution in [1.29, 1.82) is 0 Å². The summed E-state index contributed by atoms with van der Waals surface area (Å²) < 4.78 is 41.2. The van der Waals surface area contributed by atoms with E-state index in [9.17, 15) is 18.6 Å². The molecule has 3 rings (SSSR count). The van der Waals surface area contributed by atoms with E-state index in [2.05, 4.69) is 21.1 Å². The van der Waals surface area contributed by atoms with Crippen molar-refractivity contribution in [1.82, 2.24) is 0 Å². The molecule has 11 heteroatoms. The Morgan fingerprint density at radius 2 is 1.75 bits per heavy atom. The standard InChI is InChI=1S/C21H26N3O6PS/c1-21(2)8-9-32(28,20-7-6-14(10-15(20)21)31(25,26)27)24-17-12-19(30-5)18(29-4)11-16(17)23-13-22-3/h6-7,10-13H,3,8-9H2,1-2,4-5H3,(H2,25,26,27). The zero-order valence-corrected chi connectivity index (χ0v) is 20.0. The van der Waals surface area contributed by atoms with Gasteiger partial charge in [0.2, 0.25) is 0 Å². The molecule has 2 aromatic carbocycles. The van der Waals surface area contributed by atoms with Gasteiger partial charge in [-0.25, -0.2) is 9.20 Å². The third-order valence-electron chi connectivity index (χ3n) is 5.38. The fourth-order valence-electron chi connectivity index (χ4n) is 3.54. The first-order chi connectivity index (χ1) is 14.9. The van der Waals surface area contributed by atoms with Crippen LogP contribution in [0.25, 0.3) is 0 Å². The van der Waals surface area contributed by atoms with Gasteiger partial charge in [0.1, 0.15) is 12.0 Å². The summed E-state index contributed by atoms with van der Waals surface area (Å²) in [6.45, 7) is 7.29. The Morgan fingerprint density at radius 3 is 2.31 bits per heavy atom. The SMILES string of the molecule is C=NC=Nc1cc(OC)c(OC)cc1N=S1(=O)CCC(C)(C)c2cc(P(=O)(O)O)ccc21. The molecular weight excluding hydrogens is 453 g/mol. The topological polar surface area (TPSA) is 130 Å². The van der Waals surface area contributed by atoms with Gasteiger partial charge in [-0.1, -0.05) is 13.8 Å². The van der Waals surface area contributed by atoms with E-state index in [1.54, 1.807) is 12.1 Å². The van der Waals surface area contributed by atoms with Crippen molar-refractivity contribution in [3.63, 3.8) is 0 Å². The average molecular weight is 479 g/mol. The van der Waals surface area contributed by atoms with Gasteiger partial charge in [0.15, 0.2) is 11.5 Å². The first-order valence-electron chi connectivity index (χ1n) is 9.65. The van der Waals surface area contributed by atoms with Crippen LogP contribution in [0.1, 0.15) is 25.8 Å². The van der Waals surface area contributed by atoms with Gasteiger partial charge in [-0.2, -0.15) is 4.36 Å². The molecule has 0 amide bonds. The predicted octanol–water partition coefficient (Wildman–Crippen LogP) is 3.71. The highest BCUT2D eigenvalue weighted by molar-refractivity contribution is 7.93. The Kier molecular flexibility index (Phi) is 6.62. The second-order valence-electron chi connectivity index (χ2n) is 7.92. The minimum atomic E-state index is -4.46. The fourth-order valence-corrected chi connectivity index (χ4v) is 6.72. The van der Waals surface area contributed by atoms with Crippen LogP contribution in [0.2, 0.25) is 0 Å². The molecule has 9 nitrogen and oxygen atoms in total. The maximum Gasteiger partial charge on any atom is 0.356 e. The van der Waals surface area contributed by atoms with E-state index in [0.717, 1.165) is 0 Å². The van der Waals surface area contributed by atoms with Crippen molar-refractivity contribution in [2.75, 3.05) is 20.0 Å². The molecule has 0 spiro atoms. The molecule has 0 bridgehead atoms. The lowest BCUT2D eigenvalue weighted by molar-refractivity contribution is 0.355. The zero-order chi connectivity index (χ0) is 23.7. The summed E-state index contributed by atoms with van der Waals surface area (Å²) in [4.78, 5) is 27.5. The molecule has 1 heterocycles. The Balaban J connectivity index is 2.30. The van der Waals surface area contributed by atoms with Crippen molar-refractivity contribution in [3.05, 3.63) is 35.9 Å². The van der Waals surface area contributed by atoms with E-state index in [4.69, 9.17) is 9.47 Å². The molecule has 0 fully saturated rings. The minimum Gasteiger partial charge on any atom is -0.493 e. The largest absolute Gasteiger partial charge is 0.493 e. The molecule has 1 aliphatic rings. The third-order valence-corrected chi connectivity index (χ3v) is 8.62. The lowest BCUT2D eigenvalue weighted by Gasteiger charge is -2.34. The van der Waals surface area contributed by atoms with Crippen LogP contribution in [0.15, 0.2) is 49.6 Å². The highest BCUT2D eigenvalue weighted by Crippen LogP contribution is 2.45. The van der Waals surface area contributed by atoms with Crippen LogP contribution in [0.4, 0.5) is 11.4 Å². The van der Waals surface area contributed by atoms with Crippen LogP contribution >= 0.6 is 7.60 Å². The van der Waals surface area contributed by atoms with E-state index >= 15 is 0 Å². The van der Waals surface area contributed by atoms with Gasteiger partial charge in [0.25, 0.3) is 0 Å². The van der Waals surface area contributed by atoms with Crippen molar-refractivity contribution >= 4 is 47.1 Å². The molecule has 1 atom stereocenters. The molecule has 0 saturated heterocycles. The molecule has 0 aromatic heterocycles. The highest BCUT2D eigenvalue weighted by atomic mass is 32.2. The summed E-state index contributed by atoms with van der Waals surface area (Å²) >= 11 is 0. The van der Waals surface area contributed by atoms with Crippen molar-refractivity contribution < 1.29 is 28.0 Å². The van der Waals surface area contributed by atoms with E-state index in [0.29, 0.717) is 39.8 Å². The first kappa shape index (κ1) is 24.1. The summed E-state index contributed by atoms with van der Waals surface area (Å²) in [6, 6.07) is 7.45. The molecule has 2 aromatic rings. The molecule has 1 aliphatic heterocycles. The summed E-state index contributed by atoms with van der Waals surface area (Å²) in [5.41, 5.74) is 0.868. The molecule has 172 valence electrons. The van der Waals surface area contributed by atoms with Crippen molar-refractivity contribution in [2.45, 2.75) is 30.6 Å². The molecule has 0 aliphatic carbocycles. The summed E-state index contributed by atoms with van der Waals surface area (Å²) in [6.07, 6.45) is 1.77. The predicted molar refractivity (Wildman–Crippen MR) is 126 cm³/mol. The van der Waals surface area contributed by atoms with Crippen LogP contribution < -0.4 is 14.8 Å². The van der Waals surface area contributed by atoms with Gasteiger partial charge in [-0.15, -0.1) is 0 Å². The molecule has 2 N–H and O–H groups in total. The number of methoxy groups -OCH3 is 2. The van der Waals surface area contributed by atoms with E-state index < -0.39 is 22.7 Å². The number of hydrogen-bond acceptors (Lipinski definition) is 6. The Hall–Kier alpha value is -2.52. The minimum absolute atomic E-state index is 0.110. The highest BCUT2D eigenvalue weighted by Gasteiger charge is 2.36. The number of ether oxygens (including phenoxy) is 2. The quantitative estimate of drug-likeness (QED) is 0.369. The Bertz CT molecular complexity index is 1260. The lowest BCUT2D eigenvalue weighted by Crippen LogP contribution is -2.31.